The Kier molecular flexibility index (Phi) is 7.72. The van der Waals surface area contributed by atoms with Crippen molar-refractivity contribution in [2.24, 2.45) is 0 Å². The molecule has 0 aliphatic rings. The molecule has 1 aromatic heterocycles. The standard InChI is InChI=1S/C15H17F2N3O5.ClH/c1-8(14(21)22)20(2)7-12-18-13(19-25-12)9-4-5-10(24-15(16)17)11(6-9)23-3;/h4-6,8,15H,7H2,1-3H3,(H,21,22);1H. The zero-order valence-electron chi connectivity index (χ0n) is 14.2. The molecule has 2 aromatic rings. The molecule has 1 atom stereocenters. The summed E-state index contributed by atoms with van der Waals surface area (Å²) >= 11 is 0. The molecule has 2 rings (SSSR count). The molecule has 0 radical (unpaired) electrons. The van der Waals surface area contributed by atoms with Gasteiger partial charge in [0.25, 0.3) is 0 Å². The number of halogens is 3. The molecule has 0 aliphatic heterocycles. The van der Waals surface area contributed by atoms with Gasteiger partial charge in [0.05, 0.1) is 13.7 Å². The Hall–Kier alpha value is -2.46. The van der Waals surface area contributed by atoms with Crippen molar-refractivity contribution >= 4 is 18.4 Å². The van der Waals surface area contributed by atoms with Crippen LogP contribution in [-0.2, 0) is 11.3 Å². The Balaban J connectivity index is 0.00000338. The first-order valence-electron chi connectivity index (χ1n) is 7.20. The first kappa shape index (κ1) is 21.6. The lowest BCUT2D eigenvalue weighted by atomic mass is 10.2. The first-order chi connectivity index (χ1) is 11.8. The van der Waals surface area contributed by atoms with Gasteiger partial charge in [-0.2, -0.15) is 13.8 Å². The van der Waals surface area contributed by atoms with Crippen LogP contribution >= 0.6 is 12.4 Å². The second-order valence-electron chi connectivity index (χ2n) is 5.19. The quantitative estimate of drug-likeness (QED) is 0.731. The predicted molar refractivity (Wildman–Crippen MR) is 88.7 cm³/mol. The molecule has 11 heteroatoms. The fourth-order valence-corrected chi connectivity index (χ4v) is 1.98. The summed E-state index contributed by atoms with van der Waals surface area (Å²) in [7, 11) is 2.93. The topological polar surface area (TPSA) is 97.9 Å². The van der Waals surface area contributed by atoms with Crippen molar-refractivity contribution in [1.82, 2.24) is 15.0 Å². The molecule has 1 aromatic carbocycles. The Labute approximate surface area is 154 Å². The number of hydrogen-bond acceptors (Lipinski definition) is 7. The number of carboxylic acid groups (broad SMARTS) is 1. The van der Waals surface area contributed by atoms with E-state index in [9.17, 15) is 13.6 Å². The Morgan fingerprint density at radius 1 is 1.38 bits per heavy atom. The van der Waals surface area contributed by atoms with Crippen molar-refractivity contribution in [1.29, 1.82) is 0 Å². The van der Waals surface area contributed by atoms with Crippen LogP contribution in [0.4, 0.5) is 8.78 Å². The maximum atomic E-state index is 12.3. The van der Waals surface area contributed by atoms with E-state index in [1.165, 1.54) is 37.1 Å². The van der Waals surface area contributed by atoms with E-state index in [0.717, 1.165) is 0 Å². The minimum absolute atomic E-state index is 0. The van der Waals surface area contributed by atoms with Gasteiger partial charge in [-0.05, 0) is 32.2 Å². The van der Waals surface area contributed by atoms with Gasteiger partial charge in [-0.3, -0.25) is 9.69 Å². The van der Waals surface area contributed by atoms with Gasteiger partial charge in [0.1, 0.15) is 6.04 Å². The van der Waals surface area contributed by atoms with E-state index >= 15 is 0 Å². The van der Waals surface area contributed by atoms with Crippen molar-refractivity contribution < 1.29 is 32.7 Å². The second-order valence-corrected chi connectivity index (χ2v) is 5.19. The fourth-order valence-electron chi connectivity index (χ4n) is 1.98. The van der Waals surface area contributed by atoms with E-state index in [-0.39, 0.29) is 42.2 Å². The summed E-state index contributed by atoms with van der Waals surface area (Å²) in [6, 6.07) is 3.52. The van der Waals surface area contributed by atoms with Gasteiger partial charge in [0.2, 0.25) is 11.7 Å². The first-order valence-corrected chi connectivity index (χ1v) is 7.20. The van der Waals surface area contributed by atoms with Crippen LogP contribution in [0.5, 0.6) is 11.5 Å². The molecular weight excluding hydrogens is 376 g/mol. The molecule has 0 fully saturated rings. The highest BCUT2D eigenvalue weighted by atomic mass is 35.5. The highest BCUT2D eigenvalue weighted by molar-refractivity contribution is 5.85. The molecule has 0 spiro atoms. The fraction of sp³-hybridized carbons (Fsp3) is 0.400. The summed E-state index contributed by atoms with van der Waals surface area (Å²) in [6.45, 7) is -1.29. The molecule has 1 unspecified atom stereocenters. The highest BCUT2D eigenvalue weighted by Gasteiger charge is 2.20. The number of aliphatic carboxylic acids is 1. The Morgan fingerprint density at radius 2 is 2.08 bits per heavy atom. The van der Waals surface area contributed by atoms with Crippen molar-refractivity contribution in [2.45, 2.75) is 26.1 Å². The van der Waals surface area contributed by atoms with E-state index in [0.29, 0.717) is 5.56 Å². The number of carbonyl (C=O) groups is 1. The number of nitrogens with zero attached hydrogens (tertiary/aromatic N) is 3. The minimum atomic E-state index is -2.97. The maximum Gasteiger partial charge on any atom is 0.387 e. The van der Waals surface area contributed by atoms with E-state index in [1.54, 1.807) is 7.05 Å². The zero-order valence-corrected chi connectivity index (χ0v) is 15.0. The average Bonchev–Trinajstić information content (AvgIpc) is 3.02. The van der Waals surface area contributed by atoms with Crippen LogP contribution in [-0.4, -0.2) is 52.9 Å². The molecule has 8 nitrogen and oxygen atoms in total. The van der Waals surface area contributed by atoms with Crippen molar-refractivity contribution in [3.8, 4) is 22.9 Å². The maximum absolute atomic E-state index is 12.3. The van der Waals surface area contributed by atoms with E-state index in [4.69, 9.17) is 14.4 Å². The lowest BCUT2D eigenvalue weighted by molar-refractivity contribution is -0.142. The summed E-state index contributed by atoms with van der Waals surface area (Å²) in [6.07, 6.45) is 0. The molecule has 1 heterocycles. The number of methoxy groups -OCH3 is 1. The summed E-state index contributed by atoms with van der Waals surface area (Å²) < 4.78 is 39.2. The van der Waals surface area contributed by atoms with Crippen LogP contribution in [0.25, 0.3) is 11.4 Å². The number of likely N-dealkylation sites (N-methyl/N-ethyl adjacent to an activating group) is 1. The van der Waals surface area contributed by atoms with Crippen LogP contribution < -0.4 is 9.47 Å². The molecule has 0 aliphatic carbocycles. The van der Waals surface area contributed by atoms with Gasteiger partial charge in [0.15, 0.2) is 11.5 Å². The number of rotatable bonds is 8. The van der Waals surface area contributed by atoms with Crippen molar-refractivity contribution in [3.05, 3.63) is 24.1 Å². The van der Waals surface area contributed by atoms with E-state index < -0.39 is 18.6 Å². The third-order valence-electron chi connectivity index (χ3n) is 3.51. The van der Waals surface area contributed by atoms with E-state index in [1.807, 2.05) is 0 Å². The average molecular weight is 394 g/mol. The number of carboxylic acids is 1. The van der Waals surface area contributed by atoms with Crippen molar-refractivity contribution in [3.63, 3.8) is 0 Å². The van der Waals surface area contributed by atoms with Crippen LogP contribution in [0.2, 0.25) is 0 Å². The highest BCUT2D eigenvalue weighted by Crippen LogP contribution is 2.32. The Morgan fingerprint density at radius 3 is 2.65 bits per heavy atom. The smallest absolute Gasteiger partial charge is 0.387 e. The summed E-state index contributed by atoms with van der Waals surface area (Å²) in [5.41, 5.74) is 0.474. The van der Waals surface area contributed by atoms with Gasteiger partial charge >= 0.3 is 12.6 Å². The molecule has 0 bridgehead atoms. The van der Waals surface area contributed by atoms with Gasteiger partial charge in [-0.15, -0.1) is 12.4 Å². The largest absolute Gasteiger partial charge is 0.493 e. The lowest BCUT2D eigenvalue weighted by Gasteiger charge is -2.18. The molecule has 26 heavy (non-hydrogen) atoms. The van der Waals surface area contributed by atoms with Gasteiger partial charge < -0.3 is 19.1 Å². The number of hydrogen-bond donors (Lipinski definition) is 1. The summed E-state index contributed by atoms with van der Waals surface area (Å²) in [5.74, 6) is -0.548. The lowest BCUT2D eigenvalue weighted by Crippen LogP contribution is -2.35. The van der Waals surface area contributed by atoms with Gasteiger partial charge in [0, 0.05) is 5.56 Å². The van der Waals surface area contributed by atoms with Crippen LogP contribution in [0, 0.1) is 0 Å². The van der Waals surface area contributed by atoms with E-state index in [2.05, 4.69) is 14.9 Å². The molecular formula is C15H18ClF2N3O5. The third-order valence-corrected chi connectivity index (χ3v) is 3.51. The molecule has 144 valence electrons. The van der Waals surface area contributed by atoms with Crippen LogP contribution in [0.15, 0.2) is 22.7 Å². The molecule has 0 amide bonds. The number of benzene rings is 1. The van der Waals surface area contributed by atoms with Gasteiger partial charge in [-0.25, -0.2) is 0 Å². The normalized spacial score (nSPS) is 12.0. The molecule has 1 N–H and O–H groups in total. The van der Waals surface area contributed by atoms with Crippen molar-refractivity contribution in [2.75, 3.05) is 14.2 Å². The molecule has 0 saturated carbocycles. The zero-order chi connectivity index (χ0) is 18.6. The van der Waals surface area contributed by atoms with Crippen LogP contribution in [0.1, 0.15) is 12.8 Å². The van der Waals surface area contributed by atoms with Crippen LogP contribution in [0.3, 0.4) is 0 Å². The second kappa shape index (κ2) is 9.30. The molecule has 0 saturated heterocycles. The number of aromatic nitrogens is 2. The Bertz CT molecular complexity index is 744. The number of ether oxygens (including phenoxy) is 2. The number of alkyl halides is 2. The summed E-state index contributed by atoms with van der Waals surface area (Å²) in [4.78, 5) is 16.6. The predicted octanol–water partition coefficient (Wildman–Crippen LogP) is 2.67. The minimum Gasteiger partial charge on any atom is -0.493 e. The third kappa shape index (κ3) is 5.27. The summed E-state index contributed by atoms with van der Waals surface area (Å²) in [5, 5.41) is 12.8. The van der Waals surface area contributed by atoms with Gasteiger partial charge in [-0.1, -0.05) is 5.16 Å². The monoisotopic (exact) mass is 393 g/mol. The SMILES string of the molecule is COc1cc(-c2noc(CN(C)C(C)C(=O)O)n2)ccc1OC(F)F.Cl.